The molecule has 3 nitrogen and oxygen atoms in total. The molecule has 5 heteroatoms. The standard InChI is InChI=1S/C14H18N2OS2/c1-10-5-16(6-11(2)17-10)7-13-9-19-14(15-13)12-3-4-18-8-12/h3-4,8-11H,5-7H2,1-2H3. The van der Waals surface area contributed by atoms with Gasteiger partial charge in [-0.2, -0.15) is 11.3 Å². The summed E-state index contributed by atoms with van der Waals surface area (Å²) < 4.78 is 5.76. The van der Waals surface area contributed by atoms with Gasteiger partial charge in [-0.25, -0.2) is 4.98 Å². The van der Waals surface area contributed by atoms with E-state index in [4.69, 9.17) is 9.72 Å². The van der Waals surface area contributed by atoms with Crippen LogP contribution in [0, 0.1) is 0 Å². The summed E-state index contributed by atoms with van der Waals surface area (Å²) in [4.78, 5) is 7.18. The predicted molar refractivity (Wildman–Crippen MR) is 80.7 cm³/mol. The SMILES string of the molecule is CC1CN(Cc2csc(-c3ccsc3)n2)CC(C)O1. The Morgan fingerprint density at radius 3 is 2.79 bits per heavy atom. The molecule has 2 unspecified atom stereocenters. The maximum Gasteiger partial charge on any atom is 0.124 e. The zero-order valence-electron chi connectivity index (χ0n) is 11.2. The lowest BCUT2D eigenvalue weighted by Crippen LogP contribution is -2.44. The molecule has 2 aromatic heterocycles. The second-order valence-electron chi connectivity index (χ2n) is 5.11. The van der Waals surface area contributed by atoms with Crippen LogP contribution in [0.15, 0.2) is 22.2 Å². The fraction of sp³-hybridized carbons (Fsp3) is 0.500. The first-order chi connectivity index (χ1) is 9.20. The van der Waals surface area contributed by atoms with Gasteiger partial charge in [0.1, 0.15) is 5.01 Å². The Labute approximate surface area is 121 Å². The van der Waals surface area contributed by atoms with E-state index in [0.717, 1.165) is 24.6 Å². The number of thiophene rings is 1. The number of nitrogens with zero attached hydrogens (tertiary/aromatic N) is 2. The van der Waals surface area contributed by atoms with Crippen molar-refractivity contribution in [2.75, 3.05) is 13.1 Å². The molecular weight excluding hydrogens is 276 g/mol. The van der Waals surface area contributed by atoms with E-state index in [-0.39, 0.29) is 0 Å². The first kappa shape index (κ1) is 13.2. The van der Waals surface area contributed by atoms with Crippen LogP contribution in [-0.4, -0.2) is 35.2 Å². The Morgan fingerprint density at radius 1 is 1.32 bits per heavy atom. The van der Waals surface area contributed by atoms with Crippen LogP contribution < -0.4 is 0 Å². The molecule has 0 N–H and O–H groups in total. The molecule has 1 saturated heterocycles. The van der Waals surface area contributed by atoms with Gasteiger partial charge in [-0.15, -0.1) is 11.3 Å². The first-order valence-electron chi connectivity index (χ1n) is 6.55. The van der Waals surface area contributed by atoms with Gasteiger partial charge in [0.2, 0.25) is 0 Å². The molecule has 0 spiro atoms. The molecule has 2 aromatic rings. The zero-order valence-corrected chi connectivity index (χ0v) is 12.8. The van der Waals surface area contributed by atoms with Crippen molar-refractivity contribution in [1.29, 1.82) is 0 Å². The molecule has 0 amide bonds. The Kier molecular flexibility index (Phi) is 3.98. The van der Waals surface area contributed by atoms with Gasteiger partial charge in [-0.3, -0.25) is 4.90 Å². The van der Waals surface area contributed by atoms with Crippen LogP contribution >= 0.6 is 22.7 Å². The lowest BCUT2D eigenvalue weighted by Gasteiger charge is -2.34. The van der Waals surface area contributed by atoms with Crippen LogP contribution in [0.5, 0.6) is 0 Å². The molecule has 19 heavy (non-hydrogen) atoms. The molecule has 2 atom stereocenters. The highest BCUT2D eigenvalue weighted by Crippen LogP contribution is 2.26. The summed E-state index contributed by atoms with van der Waals surface area (Å²) in [6.07, 6.45) is 0.637. The molecule has 0 aromatic carbocycles. The number of morpholine rings is 1. The summed E-state index contributed by atoms with van der Waals surface area (Å²) >= 11 is 3.45. The molecule has 1 fully saturated rings. The van der Waals surface area contributed by atoms with E-state index in [0.29, 0.717) is 12.2 Å². The van der Waals surface area contributed by atoms with Crippen molar-refractivity contribution >= 4 is 22.7 Å². The third kappa shape index (κ3) is 3.23. The van der Waals surface area contributed by atoms with Crippen molar-refractivity contribution in [3.05, 3.63) is 27.9 Å². The number of hydrogen-bond acceptors (Lipinski definition) is 5. The summed E-state index contributed by atoms with van der Waals surface area (Å²) in [6.45, 7) is 7.20. The third-order valence-corrected chi connectivity index (χ3v) is 4.82. The Bertz CT molecular complexity index is 513. The van der Waals surface area contributed by atoms with E-state index in [2.05, 4.69) is 41.0 Å². The highest BCUT2D eigenvalue weighted by Gasteiger charge is 2.22. The largest absolute Gasteiger partial charge is 0.373 e. The fourth-order valence-electron chi connectivity index (χ4n) is 2.54. The molecule has 0 bridgehead atoms. The smallest absolute Gasteiger partial charge is 0.124 e. The van der Waals surface area contributed by atoms with Crippen LogP contribution in [0.3, 0.4) is 0 Å². The maximum absolute atomic E-state index is 5.76. The van der Waals surface area contributed by atoms with E-state index in [9.17, 15) is 0 Å². The number of rotatable bonds is 3. The molecule has 3 heterocycles. The second-order valence-corrected chi connectivity index (χ2v) is 6.75. The van der Waals surface area contributed by atoms with Crippen molar-refractivity contribution in [1.82, 2.24) is 9.88 Å². The minimum atomic E-state index is 0.318. The van der Waals surface area contributed by atoms with Crippen molar-refractivity contribution < 1.29 is 4.74 Å². The number of aromatic nitrogens is 1. The molecule has 1 aliphatic heterocycles. The molecular formula is C14H18N2OS2. The monoisotopic (exact) mass is 294 g/mol. The van der Waals surface area contributed by atoms with Gasteiger partial charge in [-0.1, -0.05) is 0 Å². The third-order valence-electron chi connectivity index (χ3n) is 3.20. The van der Waals surface area contributed by atoms with Crippen LogP contribution in [0.4, 0.5) is 0 Å². The Hall–Kier alpha value is -0.750. The fourth-order valence-corrected chi connectivity index (χ4v) is 4.06. The van der Waals surface area contributed by atoms with E-state index in [1.165, 1.54) is 11.3 Å². The highest BCUT2D eigenvalue weighted by atomic mass is 32.1. The molecule has 102 valence electrons. The van der Waals surface area contributed by atoms with E-state index in [1.54, 1.807) is 22.7 Å². The van der Waals surface area contributed by atoms with Gasteiger partial charge in [-0.05, 0) is 25.3 Å². The summed E-state index contributed by atoms with van der Waals surface area (Å²) in [5.74, 6) is 0. The van der Waals surface area contributed by atoms with Crippen molar-refractivity contribution in [2.45, 2.75) is 32.6 Å². The van der Waals surface area contributed by atoms with Gasteiger partial charge in [0.05, 0.1) is 17.9 Å². The van der Waals surface area contributed by atoms with Crippen molar-refractivity contribution in [3.63, 3.8) is 0 Å². The second kappa shape index (κ2) is 5.71. The summed E-state index contributed by atoms with van der Waals surface area (Å²) in [5, 5.41) is 7.56. The highest BCUT2D eigenvalue weighted by molar-refractivity contribution is 7.14. The molecule has 0 radical (unpaired) electrons. The molecule has 3 rings (SSSR count). The minimum absolute atomic E-state index is 0.318. The van der Waals surface area contributed by atoms with Crippen LogP contribution in [0.25, 0.3) is 10.6 Å². The van der Waals surface area contributed by atoms with Crippen molar-refractivity contribution in [2.24, 2.45) is 0 Å². The van der Waals surface area contributed by atoms with Crippen LogP contribution in [-0.2, 0) is 11.3 Å². The van der Waals surface area contributed by atoms with E-state index in [1.807, 2.05) is 0 Å². The maximum atomic E-state index is 5.76. The van der Waals surface area contributed by atoms with Crippen molar-refractivity contribution in [3.8, 4) is 10.6 Å². The van der Waals surface area contributed by atoms with E-state index < -0.39 is 0 Å². The van der Waals surface area contributed by atoms with Gasteiger partial charge in [0.25, 0.3) is 0 Å². The Morgan fingerprint density at radius 2 is 2.11 bits per heavy atom. The molecule has 1 aliphatic rings. The zero-order chi connectivity index (χ0) is 13.2. The Balaban J connectivity index is 1.67. The minimum Gasteiger partial charge on any atom is -0.373 e. The lowest BCUT2D eigenvalue weighted by molar-refractivity contribution is -0.0707. The number of ether oxygens (including phenoxy) is 1. The molecule has 0 saturated carbocycles. The predicted octanol–water partition coefficient (Wildman–Crippen LogP) is 3.48. The quantitative estimate of drug-likeness (QED) is 0.866. The van der Waals surface area contributed by atoms with Gasteiger partial charge < -0.3 is 4.74 Å². The summed E-state index contributed by atoms with van der Waals surface area (Å²) in [6, 6.07) is 2.13. The summed E-state index contributed by atoms with van der Waals surface area (Å²) in [7, 11) is 0. The topological polar surface area (TPSA) is 25.4 Å². The number of thiazole rings is 1. The first-order valence-corrected chi connectivity index (χ1v) is 8.38. The van der Waals surface area contributed by atoms with Gasteiger partial charge >= 0.3 is 0 Å². The number of hydrogen-bond donors (Lipinski definition) is 0. The van der Waals surface area contributed by atoms with E-state index >= 15 is 0 Å². The normalized spacial score (nSPS) is 24.7. The van der Waals surface area contributed by atoms with Gasteiger partial charge in [0.15, 0.2) is 0 Å². The average Bonchev–Trinajstić information content (AvgIpc) is 2.96. The lowest BCUT2D eigenvalue weighted by atomic mass is 10.2. The van der Waals surface area contributed by atoms with Gasteiger partial charge in [0, 0.05) is 36.0 Å². The molecule has 0 aliphatic carbocycles. The van der Waals surface area contributed by atoms with Crippen LogP contribution in [0.2, 0.25) is 0 Å². The van der Waals surface area contributed by atoms with Crippen LogP contribution in [0.1, 0.15) is 19.5 Å². The summed E-state index contributed by atoms with van der Waals surface area (Å²) in [5.41, 5.74) is 2.41. The average molecular weight is 294 g/mol.